The fourth-order valence-corrected chi connectivity index (χ4v) is 2.16. The average Bonchev–Trinajstić information content (AvgIpc) is 3.13. The van der Waals surface area contributed by atoms with Gasteiger partial charge in [0.2, 0.25) is 5.91 Å². The van der Waals surface area contributed by atoms with Crippen LogP contribution in [-0.4, -0.2) is 28.5 Å². The van der Waals surface area contributed by atoms with Crippen LogP contribution >= 0.6 is 0 Å². The predicted octanol–water partition coefficient (Wildman–Crippen LogP) is 2.50. The summed E-state index contributed by atoms with van der Waals surface area (Å²) in [6.07, 6.45) is 3.32. The fourth-order valence-electron chi connectivity index (χ4n) is 2.16. The summed E-state index contributed by atoms with van der Waals surface area (Å²) in [7, 11) is 0. The van der Waals surface area contributed by atoms with E-state index in [-0.39, 0.29) is 30.5 Å². The van der Waals surface area contributed by atoms with E-state index in [1.165, 1.54) is 0 Å². The van der Waals surface area contributed by atoms with E-state index >= 15 is 0 Å². The zero-order valence-corrected chi connectivity index (χ0v) is 13.3. The van der Waals surface area contributed by atoms with Crippen LogP contribution in [0.1, 0.15) is 16.9 Å². The number of hydrogen-bond acceptors (Lipinski definition) is 5. The predicted molar refractivity (Wildman–Crippen MR) is 91.8 cm³/mol. The zero-order chi connectivity index (χ0) is 17.5. The second kappa shape index (κ2) is 7.87. The first kappa shape index (κ1) is 16.4. The summed E-state index contributed by atoms with van der Waals surface area (Å²) in [4.78, 5) is 27.8. The number of hydrogen-bond donors (Lipinski definition) is 2. The molecule has 0 aliphatic heterocycles. The first-order valence-electron chi connectivity index (χ1n) is 7.72. The van der Waals surface area contributed by atoms with E-state index in [0.29, 0.717) is 11.4 Å². The monoisotopic (exact) mass is 336 g/mol. The highest BCUT2D eigenvalue weighted by Crippen LogP contribution is 2.19. The molecular weight excluding hydrogens is 320 g/mol. The number of carbonyl (C=O) groups excluding carboxylic acids is 2. The van der Waals surface area contributed by atoms with E-state index in [2.05, 4.69) is 20.8 Å². The molecule has 7 heteroatoms. The van der Waals surface area contributed by atoms with Crippen molar-refractivity contribution in [1.82, 2.24) is 15.5 Å². The van der Waals surface area contributed by atoms with Gasteiger partial charge < -0.3 is 15.2 Å². The fraction of sp³-hybridized carbons (Fsp3) is 0.111. The van der Waals surface area contributed by atoms with Gasteiger partial charge in [-0.05, 0) is 12.1 Å². The summed E-state index contributed by atoms with van der Waals surface area (Å²) in [6.45, 7) is 0.193. The van der Waals surface area contributed by atoms with Gasteiger partial charge in [0.25, 0.3) is 5.91 Å². The van der Waals surface area contributed by atoms with Crippen molar-refractivity contribution in [2.24, 2.45) is 0 Å². The van der Waals surface area contributed by atoms with Crippen LogP contribution in [0, 0.1) is 0 Å². The minimum absolute atomic E-state index is 0.143. The number of benzene rings is 1. The van der Waals surface area contributed by atoms with Crippen LogP contribution in [0.15, 0.2) is 65.4 Å². The number of carbonyl (C=O) groups is 2. The minimum Gasteiger partial charge on any atom is -0.355 e. The first-order valence-corrected chi connectivity index (χ1v) is 7.72. The molecule has 0 radical (unpaired) electrons. The SMILES string of the molecule is O=C(CCNC(=O)c1cc(-c2ccccc2)on1)Nc1cccnc1. The van der Waals surface area contributed by atoms with Gasteiger partial charge in [0.05, 0.1) is 11.9 Å². The summed E-state index contributed by atoms with van der Waals surface area (Å²) < 4.78 is 5.18. The molecule has 0 aliphatic rings. The summed E-state index contributed by atoms with van der Waals surface area (Å²) >= 11 is 0. The van der Waals surface area contributed by atoms with Gasteiger partial charge in [-0.25, -0.2) is 0 Å². The van der Waals surface area contributed by atoms with E-state index in [9.17, 15) is 9.59 Å². The van der Waals surface area contributed by atoms with Crippen molar-refractivity contribution in [3.8, 4) is 11.3 Å². The Bertz CT molecular complexity index is 847. The topological polar surface area (TPSA) is 97.1 Å². The molecule has 0 saturated carbocycles. The Morgan fingerprint density at radius 2 is 1.92 bits per heavy atom. The normalized spacial score (nSPS) is 10.2. The van der Waals surface area contributed by atoms with Gasteiger partial charge in [-0.2, -0.15) is 0 Å². The molecule has 0 saturated heterocycles. The molecule has 2 aromatic heterocycles. The number of pyridine rings is 1. The number of anilines is 1. The van der Waals surface area contributed by atoms with E-state index in [4.69, 9.17) is 4.52 Å². The van der Waals surface area contributed by atoms with Crippen molar-refractivity contribution in [3.63, 3.8) is 0 Å². The third-order valence-electron chi connectivity index (χ3n) is 3.38. The van der Waals surface area contributed by atoms with Gasteiger partial charge in [0, 0.05) is 30.8 Å². The highest BCUT2D eigenvalue weighted by atomic mass is 16.5. The number of nitrogens with one attached hydrogen (secondary N) is 2. The number of amides is 2. The Hall–Kier alpha value is -3.48. The molecule has 2 amide bonds. The Labute approximate surface area is 144 Å². The van der Waals surface area contributed by atoms with Gasteiger partial charge >= 0.3 is 0 Å². The molecule has 2 N–H and O–H groups in total. The molecule has 2 heterocycles. The first-order chi connectivity index (χ1) is 12.2. The third kappa shape index (κ3) is 4.51. The van der Waals surface area contributed by atoms with Crippen LogP contribution in [0.4, 0.5) is 5.69 Å². The Morgan fingerprint density at radius 3 is 2.68 bits per heavy atom. The highest BCUT2D eigenvalue weighted by molar-refractivity contribution is 5.94. The molecule has 126 valence electrons. The molecule has 3 rings (SSSR count). The summed E-state index contributed by atoms with van der Waals surface area (Å²) in [5, 5.41) is 9.10. The van der Waals surface area contributed by atoms with Crippen LogP contribution in [0.3, 0.4) is 0 Å². The lowest BCUT2D eigenvalue weighted by molar-refractivity contribution is -0.116. The van der Waals surface area contributed by atoms with Gasteiger partial charge in [-0.15, -0.1) is 0 Å². The minimum atomic E-state index is -0.389. The van der Waals surface area contributed by atoms with E-state index in [0.717, 1.165) is 5.56 Å². The zero-order valence-electron chi connectivity index (χ0n) is 13.3. The van der Waals surface area contributed by atoms with Crippen molar-refractivity contribution in [2.45, 2.75) is 6.42 Å². The molecule has 3 aromatic rings. The number of rotatable bonds is 6. The molecule has 0 spiro atoms. The molecule has 1 aromatic carbocycles. The largest absolute Gasteiger partial charge is 0.355 e. The molecule has 0 aliphatic carbocycles. The maximum absolute atomic E-state index is 12.1. The van der Waals surface area contributed by atoms with Crippen LogP contribution in [0.5, 0.6) is 0 Å². The average molecular weight is 336 g/mol. The third-order valence-corrected chi connectivity index (χ3v) is 3.38. The van der Waals surface area contributed by atoms with Crippen molar-refractivity contribution in [2.75, 3.05) is 11.9 Å². The molecular formula is C18H16N4O3. The number of aromatic nitrogens is 2. The molecule has 0 unspecified atom stereocenters. The van der Waals surface area contributed by atoms with Gasteiger partial charge in [0.1, 0.15) is 0 Å². The van der Waals surface area contributed by atoms with Crippen LogP contribution in [-0.2, 0) is 4.79 Å². The van der Waals surface area contributed by atoms with Gasteiger partial charge in [0.15, 0.2) is 11.5 Å². The van der Waals surface area contributed by atoms with Crippen molar-refractivity contribution < 1.29 is 14.1 Å². The quantitative estimate of drug-likeness (QED) is 0.721. The summed E-state index contributed by atoms with van der Waals surface area (Å²) in [5.41, 5.74) is 1.62. The highest BCUT2D eigenvalue weighted by Gasteiger charge is 2.13. The van der Waals surface area contributed by atoms with Gasteiger partial charge in [-0.3, -0.25) is 14.6 Å². The molecule has 0 bridgehead atoms. The van der Waals surface area contributed by atoms with Crippen LogP contribution in [0.2, 0.25) is 0 Å². The maximum atomic E-state index is 12.1. The van der Waals surface area contributed by atoms with E-state index < -0.39 is 0 Å². The van der Waals surface area contributed by atoms with Crippen molar-refractivity contribution in [1.29, 1.82) is 0 Å². The van der Waals surface area contributed by atoms with E-state index in [1.807, 2.05) is 30.3 Å². The Morgan fingerprint density at radius 1 is 1.08 bits per heavy atom. The lowest BCUT2D eigenvalue weighted by atomic mass is 10.1. The van der Waals surface area contributed by atoms with Gasteiger partial charge in [-0.1, -0.05) is 35.5 Å². The standard InChI is InChI=1S/C18H16N4O3/c23-17(21-14-7-4-9-19-12-14)8-10-20-18(24)15-11-16(25-22-15)13-5-2-1-3-6-13/h1-7,9,11-12H,8,10H2,(H,20,24)(H,21,23). The molecule has 0 atom stereocenters. The summed E-state index contributed by atoms with van der Waals surface area (Å²) in [5.74, 6) is -0.0846. The Kier molecular flexibility index (Phi) is 5.16. The molecule has 0 fully saturated rings. The van der Waals surface area contributed by atoms with Crippen molar-refractivity contribution >= 4 is 17.5 Å². The maximum Gasteiger partial charge on any atom is 0.273 e. The Balaban J connectivity index is 1.48. The summed E-state index contributed by atoms with van der Waals surface area (Å²) in [6, 6.07) is 14.4. The lowest BCUT2D eigenvalue weighted by Crippen LogP contribution is -2.27. The molecule has 7 nitrogen and oxygen atoms in total. The van der Waals surface area contributed by atoms with E-state index in [1.54, 1.807) is 30.6 Å². The number of nitrogens with zero attached hydrogens (tertiary/aromatic N) is 2. The van der Waals surface area contributed by atoms with Crippen LogP contribution in [0.25, 0.3) is 11.3 Å². The second-order valence-electron chi connectivity index (χ2n) is 5.24. The van der Waals surface area contributed by atoms with Crippen molar-refractivity contribution in [3.05, 3.63) is 66.6 Å². The second-order valence-corrected chi connectivity index (χ2v) is 5.24. The van der Waals surface area contributed by atoms with Crippen LogP contribution < -0.4 is 10.6 Å². The lowest BCUT2D eigenvalue weighted by Gasteiger charge is -2.05. The smallest absolute Gasteiger partial charge is 0.273 e. The molecule has 25 heavy (non-hydrogen) atoms.